The summed E-state index contributed by atoms with van der Waals surface area (Å²) in [6, 6.07) is 11.7. The standard InChI is InChI=1S/C26H29N3O5/c1-17(2)18-8-12-21(13-9-18)28-24(30)16-23(26(28)32)27(20-6-4-3-5-7-20)25(31)19-10-14-22(15-11-19)29(33)34/h8-15,17,20,23H,3-7,16H2,1-2H3. The smallest absolute Gasteiger partial charge is 0.269 e. The molecule has 2 aromatic rings. The van der Waals surface area contributed by atoms with Gasteiger partial charge in [0.25, 0.3) is 17.5 Å². The van der Waals surface area contributed by atoms with Gasteiger partial charge in [-0.3, -0.25) is 24.5 Å². The average molecular weight is 464 g/mol. The number of hydrogen-bond donors (Lipinski definition) is 0. The molecule has 178 valence electrons. The van der Waals surface area contributed by atoms with E-state index < -0.39 is 16.9 Å². The molecule has 2 aromatic carbocycles. The van der Waals surface area contributed by atoms with E-state index in [-0.39, 0.29) is 35.5 Å². The highest BCUT2D eigenvalue weighted by Crippen LogP contribution is 2.33. The maximum atomic E-state index is 13.6. The molecule has 8 nitrogen and oxygen atoms in total. The number of nitro groups is 1. The number of carbonyl (C=O) groups excluding carboxylic acids is 3. The Morgan fingerprint density at radius 2 is 1.62 bits per heavy atom. The summed E-state index contributed by atoms with van der Waals surface area (Å²) in [7, 11) is 0. The fourth-order valence-corrected chi connectivity index (χ4v) is 4.91. The summed E-state index contributed by atoms with van der Waals surface area (Å²) in [5.41, 5.74) is 1.78. The van der Waals surface area contributed by atoms with Gasteiger partial charge in [0.1, 0.15) is 6.04 Å². The number of hydrogen-bond acceptors (Lipinski definition) is 5. The van der Waals surface area contributed by atoms with Crippen LogP contribution in [0.15, 0.2) is 48.5 Å². The maximum absolute atomic E-state index is 13.6. The molecule has 0 aromatic heterocycles. The van der Waals surface area contributed by atoms with Crippen LogP contribution in [0.4, 0.5) is 11.4 Å². The van der Waals surface area contributed by atoms with Crippen molar-refractivity contribution in [2.24, 2.45) is 0 Å². The molecule has 0 spiro atoms. The van der Waals surface area contributed by atoms with Crippen LogP contribution < -0.4 is 4.90 Å². The molecule has 0 radical (unpaired) electrons. The topological polar surface area (TPSA) is 101 Å². The first-order chi connectivity index (χ1) is 16.3. The van der Waals surface area contributed by atoms with Crippen LogP contribution in [0, 0.1) is 10.1 Å². The highest BCUT2D eigenvalue weighted by atomic mass is 16.6. The maximum Gasteiger partial charge on any atom is 0.269 e. The molecule has 1 saturated heterocycles. The van der Waals surface area contributed by atoms with Gasteiger partial charge in [-0.05, 0) is 48.6 Å². The molecule has 1 heterocycles. The van der Waals surface area contributed by atoms with Crippen molar-refractivity contribution in [3.05, 3.63) is 69.8 Å². The Balaban J connectivity index is 1.64. The first-order valence-corrected chi connectivity index (χ1v) is 11.8. The van der Waals surface area contributed by atoms with Gasteiger partial charge in [-0.1, -0.05) is 45.2 Å². The highest BCUT2D eigenvalue weighted by Gasteiger charge is 2.46. The number of rotatable bonds is 6. The molecule has 4 rings (SSSR count). The SMILES string of the molecule is CC(C)c1ccc(N2C(=O)CC(N(C(=O)c3ccc([N+](=O)[O-])cc3)C3CCCCC3)C2=O)cc1. The van der Waals surface area contributed by atoms with Crippen LogP contribution in [0.1, 0.15) is 74.2 Å². The van der Waals surface area contributed by atoms with Crippen molar-refractivity contribution in [2.75, 3.05) is 4.90 Å². The first kappa shape index (κ1) is 23.6. The second-order valence-electron chi connectivity index (χ2n) is 9.34. The summed E-state index contributed by atoms with van der Waals surface area (Å²) in [6.45, 7) is 4.14. The van der Waals surface area contributed by atoms with Crippen molar-refractivity contribution in [3.63, 3.8) is 0 Å². The molecule has 1 atom stereocenters. The third-order valence-electron chi connectivity index (χ3n) is 6.80. The molecule has 1 saturated carbocycles. The minimum atomic E-state index is -0.886. The summed E-state index contributed by atoms with van der Waals surface area (Å²) in [4.78, 5) is 53.3. The molecule has 1 aliphatic heterocycles. The van der Waals surface area contributed by atoms with Gasteiger partial charge in [0, 0.05) is 23.7 Å². The van der Waals surface area contributed by atoms with Gasteiger partial charge in [0.2, 0.25) is 5.91 Å². The number of nitro benzene ring substituents is 1. The van der Waals surface area contributed by atoms with E-state index in [0.29, 0.717) is 11.6 Å². The van der Waals surface area contributed by atoms with Crippen LogP contribution in [-0.2, 0) is 9.59 Å². The van der Waals surface area contributed by atoms with Gasteiger partial charge in [-0.25, -0.2) is 4.90 Å². The molecule has 0 N–H and O–H groups in total. The molecule has 3 amide bonds. The Kier molecular flexibility index (Phi) is 6.77. The fraction of sp³-hybridized carbons (Fsp3) is 0.423. The second-order valence-corrected chi connectivity index (χ2v) is 9.34. The Morgan fingerprint density at radius 1 is 1.00 bits per heavy atom. The van der Waals surface area contributed by atoms with Crippen molar-refractivity contribution in [3.8, 4) is 0 Å². The molecule has 2 fully saturated rings. The normalized spacial score (nSPS) is 19.0. The minimum absolute atomic E-state index is 0.0695. The Bertz CT molecular complexity index is 1090. The molecule has 2 aliphatic rings. The summed E-state index contributed by atoms with van der Waals surface area (Å²) >= 11 is 0. The van der Waals surface area contributed by atoms with Gasteiger partial charge in [-0.15, -0.1) is 0 Å². The average Bonchev–Trinajstić information content (AvgIpc) is 3.13. The van der Waals surface area contributed by atoms with Crippen LogP contribution in [0.25, 0.3) is 0 Å². The lowest BCUT2D eigenvalue weighted by molar-refractivity contribution is -0.384. The van der Waals surface area contributed by atoms with Gasteiger partial charge in [-0.2, -0.15) is 0 Å². The number of amides is 3. The van der Waals surface area contributed by atoms with Crippen molar-refractivity contribution in [1.29, 1.82) is 0 Å². The molecule has 0 bridgehead atoms. The number of benzene rings is 2. The van der Waals surface area contributed by atoms with E-state index in [1.54, 1.807) is 17.0 Å². The van der Waals surface area contributed by atoms with Crippen LogP contribution in [0.3, 0.4) is 0 Å². The quantitative estimate of drug-likeness (QED) is 0.347. The fourth-order valence-electron chi connectivity index (χ4n) is 4.91. The van der Waals surface area contributed by atoms with Gasteiger partial charge in [0.05, 0.1) is 17.0 Å². The largest absolute Gasteiger partial charge is 0.323 e. The van der Waals surface area contributed by atoms with E-state index in [9.17, 15) is 24.5 Å². The predicted molar refractivity (Wildman–Crippen MR) is 128 cm³/mol. The van der Waals surface area contributed by atoms with E-state index in [4.69, 9.17) is 0 Å². The van der Waals surface area contributed by atoms with E-state index >= 15 is 0 Å². The number of imide groups is 1. The molecule has 8 heteroatoms. The third-order valence-corrected chi connectivity index (χ3v) is 6.80. The van der Waals surface area contributed by atoms with Crippen LogP contribution in [-0.4, -0.2) is 39.6 Å². The third kappa shape index (κ3) is 4.58. The Hall–Kier alpha value is -3.55. The van der Waals surface area contributed by atoms with E-state index in [1.807, 2.05) is 12.1 Å². The number of anilines is 1. The van der Waals surface area contributed by atoms with E-state index in [2.05, 4.69) is 13.8 Å². The van der Waals surface area contributed by atoms with Crippen LogP contribution in [0.5, 0.6) is 0 Å². The van der Waals surface area contributed by atoms with Gasteiger partial charge >= 0.3 is 0 Å². The van der Waals surface area contributed by atoms with Gasteiger partial charge < -0.3 is 4.90 Å². The molecular formula is C26H29N3O5. The van der Waals surface area contributed by atoms with Crippen LogP contribution in [0.2, 0.25) is 0 Å². The van der Waals surface area contributed by atoms with E-state index in [0.717, 1.165) is 37.7 Å². The Labute approximate surface area is 198 Å². The zero-order valence-electron chi connectivity index (χ0n) is 19.5. The molecule has 1 unspecified atom stereocenters. The lowest BCUT2D eigenvalue weighted by Crippen LogP contribution is -2.51. The minimum Gasteiger partial charge on any atom is -0.323 e. The lowest BCUT2D eigenvalue weighted by Gasteiger charge is -2.37. The predicted octanol–water partition coefficient (Wildman–Crippen LogP) is 4.83. The number of nitrogens with zero attached hydrogens (tertiary/aromatic N) is 3. The first-order valence-electron chi connectivity index (χ1n) is 11.8. The zero-order valence-corrected chi connectivity index (χ0v) is 19.5. The van der Waals surface area contributed by atoms with Crippen molar-refractivity contribution >= 4 is 29.1 Å². The highest BCUT2D eigenvalue weighted by molar-refractivity contribution is 6.23. The van der Waals surface area contributed by atoms with Crippen molar-refractivity contribution in [2.45, 2.75) is 70.4 Å². The Morgan fingerprint density at radius 3 is 2.18 bits per heavy atom. The second kappa shape index (κ2) is 9.75. The summed E-state index contributed by atoms with van der Waals surface area (Å²) in [6.07, 6.45) is 4.43. The summed E-state index contributed by atoms with van der Waals surface area (Å²) in [5.74, 6) is -0.773. The van der Waals surface area contributed by atoms with Crippen LogP contribution >= 0.6 is 0 Å². The van der Waals surface area contributed by atoms with Crippen molar-refractivity contribution in [1.82, 2.24) is 4.90 Å². The number of non-ortho nitro benzene ring substituents is 1. The lowest BCUT2D eigenvalue weighted by atomic mass is 9.92. The summed E-state index contributed by atoms with van der Waals surface area (Å²) in [5, 5.41) is 11.0. The van der Waals surface area contributed by atoms with Gasteiger partial charge in [0.15, 0.2) is 0 Å². The molecular weight excluding hydrogens is 434 g/mol. The monoisotopic (exact) mass is 463 g/mol. The molecule has 1 aliphatic carbocycles. The zero-order chi connectivity index (χ0) is 24.4. The molecule has 34 heavy (non-hydrogen) atoms. The van der Waals surface area contributed by atoms with E-state index in [1.165, 1.54) is 29.2 Å². The number of carbonyl (C=O) groups is 3. The van der Waals surface area contributed by atoms with Crippen molar-refractivity contribution < 1.29 is 19.3 Å². The summed E-state index contributed by atoms with van der Waals surface area (Å²) < 4.78 is 0.